The second-order valence-corrected chi connectivity index (χ2v) is 4.36. The average Bonchev–Trinajstić information content (AvgIpc) is 2.82. The first kappa shape index (κ1) is 11.4. The van der Waals surface area contributed by atoms with Crippen LogP contribution in [0, 0.1) is 0 Å². The molecule has 5 nitrogen and oxygen atoms in total. The van der Waals surface area contributed by atoms with Crippen molar-refractivity contribution in [1.29, 1.82) is 0 Å². The van der Waals surface area contributed by atoms with Gasteiger partial charge in [-0.2, -0.15) is 0 Å². The lowest BCUT2D eigenvalue weighted by molar-refractivity contribution is -0.148. The molecule has 1 N–H and O–H groups in total. The summed E-state index contributed by atoms with van der Waals surface area (Å²) in [5, 5.41) is 2.80. The molecule has 0 aromatic rings. The van der Waals surface area contributed by atoms with Gasteiger partial charge in [-0.3, -0.25) is 9.59 Å². The lowest BCUT2D eigenvalue weighted by Gasteiger charge is -2.26. The predicted octanol–water partition coefficient (Wildman–Crippen LogP) is -0.0960. The fourth-order valence-electron chi connectivity index (χ4n) is 2.23. The highest BCUT2D eigenvalue weighted by Crippen LogP contribution is 2.17. The van der Waals surface area contributed by atoms with Crippen molar-refractivity contribution in [1.82, 2.24) is 10.2 Å². The van der Waals surface area contributed by atoms with Gasteiger partial charge >= 0.3 is 11.8 Å². The molecule has 2 amide bonds. The van der Waals surface area contributed by atoms with Crippen molar-refractivity contribution in [3.8, 4) is 0 Å². The van der Waals surface area contributed by atoms with E-state index in [4.69, 9.17) is 4.74 Å². The first-order valence-electron chi connectivity index (χ1n) is 5.95. The molecule has 2 fully saturated rings. The van der Waals surface area contributed by atoms with Crippen LogP contribution in [0.25, 0.3) is 0 Å². The van der Waals surface area contributed by atoms with Gasteiger partial charge in [-0.15, -0.1) is 0 Å². The number of carbonyl (C=O) groups excluding carboxylic acids is 2. The van der Waals surface area contributed by atoms with Gasteiger partial charge in [-0.25, -0.2) is 0 Å². The van der Waals surface area contributed by atoms with Crippen LogP contribution in [-0.2, 0) is 14.3 Å². The number of ether oxygens (including phenoxy) is 1. The third-order valence-electron chi connectivity index (χ3n) is 3.18. The van der Waals surface area contributed by atoms with Crippen molar-refractivity contribution < 1.29 is 14.3 Å². The molecule has 0 atom stereocenters. The number of hydrogen-bond donors (Lipinski definition) is 1. The number of morpholine rings is 1. The maximum Gasteiger partial charge on any atom is 0.312 e. The zero-order valence-corrected chi connectivity index (χ0v) is 9.41. The Labute approximate surface area is 95.1 Å². The fraction of sp³-hybridized carbons (Fsp3) is 0.818. The largest absolute Gasteiger partial charge is 0.378 e. The molecule has 1 aliphatic heterocycles. The predicted molar refractivity (Wildman–Crippen MR) is 57.8 cm³/mol. The molecule has 2 rings (SSSR count). The molecular weight excluding hydrogens is 208 g/mol. The average molecular weight is 226 g/mol. The van der Waals surface area contributed by atoms with Crippen molar-refractivity contribution >= 4 is 11.8 Å². The summed E-state index contributed by atoms with van der Waals surface area (Å²) in [6, 6.07) is 0.206. The summed E-state index contributed by atoms with van der Waals surface area (Å²) in [6.45, 7) is 2.11. The van der Waals surface area contributed by atoms with E-state index in [1.165, 1.54) is 0 Å². The Morgan fingerprint density at radius 2 is 1.75 bits per heavy atom. The molecule has 0 aromatic heterocycles. The molecule has 1 heterocycles. The summed E-state index contributed by atoms with van der Waals surface area (Å²) >= 11 is 0. The van der Waals surface area contributed by atoms with Crippen molar-refractivity contribution in [3.05, 3.63) is 0 Å². The molecule has 90 valence electrons. The lowest BCUT2D eigenvalue weighted by atomic mass is 10.2. The Bertz CT molecular complexity index is 268. The van der Waals surface area contributed by atoms with Crippen molar-refractivity contribution in [3.63, 3.8) is 0 Å². The van der Waals surface area contributed by atoms with E-state index < -0.39 is 11.8 Å². The highest BCUT2D eigenvalue weighted by atomic mass is 16.5. The molecule has 0 bridgehead atoms. The third kappa shape index (κ3) is 2.72. The standard InChI is InChI=1S/C11H18N2O3/c14-10(12-9-3-1-2-4-9)11(15)13-5-7-16-8-6-13/h9H,1-8H2,(H,12,14). The van der Waals surface area contributed by atoms with Crippen LogP contribution in [0.2, 0.25) is 0 Å². The number of nitrogens with one attached hydrogen (secondary N) is 1. The van der Waals surface area contributed by atoms with Crippen molar-refractivity contribution in [2.45, 2.75) is 31.7 Å². The topological polar surface area (TPSA) is 58.6 Å². The molecule has 2 aliphatic rings. The zero-order valence-electron chi connectivity index (χ0n) is 9.41. The smallest absolute Gasteiger partial charge is 0.312 e. The molecule has 5 heteroatoms. The number of rotatable bonds is 1. The van der Waals surface area contributed by atoms with Gasteiger partial charge in [0.2, 0.25) is 0 Å². The Hall–Kier alpha value is -1.10. The number of hydrogen-bond acceptors (Lipinski definition) is 3. The summed E-state index contributed by atoms with van der Waals surface area (Å²) in [7, 11) is 0. The van der Waals surface area contributed by atoms with Crippen LogP contribution in [0.5, 0.6) is 0 Å². The molecular formula is C11H18N2O3. The SMILES string of the molecule is O=C(NC1CCCC1)C(=O)N1CCOCC1. The van der Waals surface area contributed by atoms with Gasteiger partial charge in [0.05, 0.1) is 13.2 Å². The van der Waals surface area contributed by atoms with E-state index in [0.717, 1.165) is 25.7 Å². The maximum absolute atomic E-state index is 11.7. The zero-order chi connectivity index (χ0) is 11.4. The summed E-state index contributed by atoms with van der Waals surface area (Å²) in [5.74, 6) is -0.857. The molecule has 1 aliphatic carbocycles. The summed E-state index contributed by atoms with van der Waals surface area (Å²) < 4.78 is 5.14. The normalized spacial score (nSPS) is 22.1. The van der Waals surface area contributed by atoms with E-state index >= 15 is 0 Å². The highest BCUT2D eigenvalue weighted by Gasteiger charge is 2.26. The summed E-state index contributed by atoms with van der Waals surface area (Å²) in [5.41, 5.74) is 0. The molecule has 1 saturated carbocycles. The minimum atomic E-state index is -0.450. The van der Waals surface area contributed by atoms with Crippen LogP contribution in [0.1, 0.15) is 25.7 Å². The van der Waals surface area contributed by atoms with Crippen LogP contribution >= 0.6 is 0 Å². The Morgan fingerprint density at radius 1 is 1.12 bits per heavy atom. The second kappa shape index (κ2) is 5.30. The molecule has 1 saturated heterocycles. The van der Waals surface area contributed by atoms with Crippen molar-refractivity contribution in [2.24, 2.45) is 0 Å². The van der Waals surface area contributed by atoms with Gasteiger partial charge in [0.15, 0.2) is 0 Å². The Morgan fingerprint density at radius 3 is 2.38 bits per heavy atom. The summed E-state index contributed by atoms with van der Waals surface area (Å²) in [6.07, 6.45) is 4.30. The van der Waals surface area contributed by atoms with E-state index in [9.17, 15) is 9.59 Å². The number of amides is 2. The van der Waals surface area contributed by atoms with Crippen LogP contribution in [0.15, 0.2) is 0 Å². The van der Waals surface area contributed by atoms with Gasteiger partial charge in [-0.05, 0) is 12.8 Å². The summed E-state index contributed by atoms with van der Waals surface area (Å²) in [4.78, 5) is 25.0. The van der Waals surface area contributed by atoms with E-state index in [0.29, 0.717) is 26.3 Å². The highest BCUT2D eigenvalue weighted by molar-refractivity contribution is 6.35. The van der Waals surface area contributed by atoms with Crippen LogP contribution < -0.4 is 5.32 Å². The van der Waals surface area contributed by atoms with E-state index in [2.05, 4.69) is 5.32 Å². The minimum absolute atomic E-state index is 0.206. The van der Waals surface area contributed by atoms with E-state index in [-0.39, 0.29) is 6.04 Å². The Kier molecular flexibility index (Phi) is 3.77. The van der Waals surface area contributed by atoms with Gasteiger partial charge in [0.1, 0.15) is 0 Å². The molecule has 0 spiro atoms. The Balaban J connectivity index is 1.80. The van der Waals surface area contributed by atoms with E-state index in [1.54, 1.807) is 4.90 Å². The van der Waals surface area contributed by atoms with Crippen molar-refractivity contribution in [2.75, 3.05) is 26.3 Å². The van der Waals surface area contributed by atoms with Gasteiger partial charge < -0.3 is 15.0 Å². The number of nitrogens with zero attached hydrogens (tertiary/aromatic N) is 1. The van der Waals surface area contributed by atoms with Crippen LogP contribution in [0.3, 0.4) is 0 Å². The molecule has 0 aromatic carbocycles. The third-order valence-corrected chi connectivity index (χ3v) is 3.18. The minimum Gasteiger partial charge on any atom is -0.378 e. The number of carbonyl (C=O) groups is 2. The first-order chi connectivity index (χ1) is 7.77. The monoisotopic (exact) mass is 226 g/mol. The van der Waals surface area contributed by atoms with Gasteiger partial charge in [-0.1, -0.05) is 12.8 Å². The molecule has 0 radical (unpaired) electrons. The molecule has 0 unspecified atom stereocenters. The first-order valence-corrected chi connectivity index (χ1v) is 5.95. The molecule has 16 heavy (non-hydrogen) atoms. The maximum atomic E-state index is 11.7. The van der Waals surface area contributed by atoms with Gasteiger partial charge in [0.25, 0.3) is 0 Å². The fourth-order valence-corrected chi connectivity index (χ4v) is 2.23. The van der Waals surface area contributed by atoms with E-state index in [1.807, 2.05) is 0 Å². The lowest BCUT2D eigenvalue weighted by Crippen LogP contribution is -2.49. The quantitative estimate of drug-likeness (QED) is 0.635. The van der Waals surface area contributed by atoms with Crippen LogP contribution in [0.4, 0.5) is 0 Å². The van der Waals surface area contributed by atoms with Crippen LogP contribution in [-0.4, -0.2) is 49.1 Å². The van der Waals surface area contributed by atoms with Gasteiger partial charge in [0, 0.05) is 19.1 Å². The second-order valence-electron chi connectivity index (χ2n) is 4.36.